The van der Waals surface area contributed by atoms with Crippen LogP contribution >= 0.6 is 0 Å². The molecule has 0 aliphatic rings. The van der Waals surface area contributed by atoms with Gasteiger partial charge in [-0.2, -0.15) is 0 Å². The van der Waals surface area contributed by atoms with Gasteiger partial charge >= 0.3 is 0 Å². The molecule has 0 aliphatic heterocycles. The van der Waals surface area contributed by atoms with Crippen LogP contribution in [0.1, 0.15) is 5.56 Å². The molecule has 0 spiro atoms. The van der Waals surface area contributed by atoms with Crippen molar-refractivity contribution in [3.05, 3.63) is 52.6 Å². The van der Waals surface area contributed by atoms with Crippen molar-refractivity contribution in [2.45, 2.75) is 0 Å². The van der Waals surface area contributed by atoms with Gasteiger partial charge in [-0.05, 0) is 6.08 Å². The molecule has 0 fully saturated rings. The topological polar surface area (TPSA) is 0 Å². The zero-order chi connectivity index (χ0) is 14.0. The van der Waals surface area contributed by atoms with Crippen molar-refractivity contribution in [2.75, 3.05) is 0 Å². The van der Waals surface area contributed by atoms with Gasteiger partial charge in [0.15, 0.2) is 34.9 Å². The molecular formula is C10H2F8. The molecule has 0 saturated carbocycles. The fraction of sp³-hybridized carbons (Fsp3) is 0. The van der Waals surface area contributed by atoms with Gasteiger partial charge in [0.25, 0.3) is 0 Å². The summed E-state index contributed by atoms with van der Waals surface area (Å²) >= 11 is 0. The normalized spacial score (nSPS) is 13.1. The Morgan fingerprint density at radius 1 is 0.667 bits per heavy atom. The lowest BCUT2D eigenvalue weighted by atomic mass is 10.1. The second kappa shape index (κ2) is 5.19. The van der Waals surface area contributed by atoms with E-state index in [4.69, 9.17) is 0 Å². The Kier molecular flexibility index (Phi) is 4.10. The van der Waals surface area contributed by atoms with Gasteiger partial charge in [0.2, 0.25) is 5.82 Å². The predicted octanol–water partition coefficient (Wildman–Crippen LogP) is 4.47. The Morgan fingerprint density at radius 2 is 1.06 bits per heavy atom. The van der Waals surface area contributed by atoms with Crippen LogP contribution < -0.4 is 0 Å². The molecule has 18 heavy (non-hydrogen) atoms. The molecule has 0 radical (unpaired) electrons. The second-order valence-electron chi connectivity index (χ2n) is 2.93. The molecule has 98 valence electrons. The molecule has 8 heteroatoms. The fourth-order valence-electron chi connectivity index (χ4n) is 0.996. The Hall–Kier alpha value is -1.86. The van der Waals surface area contributed by atoms with E-state index in [0.717, 1.165) is 0 Å². The monoisotopic (exact) mass is 274 g/mol. The van der Waals surface area contributed by atoms with E-state index in [9.17, 15) is 35.1 Å². The highest BCUT2D eigenvalue weighted by atomic mass is 19.2. The molecule has 0 saturated heterocycles. The van der Waals surface area contributed by atoms with E-state index < -0.39 is 52.6 Å². The number of hydrogen-bond donors (Lipinski definition) is 0. The summed E-state index contributed by atoms with van der Waals surface area (Å²) in [5, 5.41) is 0. The average molecular weight is 274 g/mol. The SMILES string of the molecule is F/C=C(F)/C(F)=C/c1c(F)c(F)c(F)c(F)c1F. The minimum absolute atomic E-state index is 0.346. The molecule has 0 bridgehead atoms. The standard InChI is InChI=1S/C10H2F8/c11-2-5(13)4(12)1-3-6(14)8(16)10(18)9(17)7(3)15/h1-2H/b4-1-,5-2-. The van der Waals surface area contributed by atoms with Crippen molar-refractivity contribution >= 4 is 6.08 Å². The van der Waals surface area contributed by atoms with Gasteiger partial charge in [0.1, 0.15) is 6.33 Å². The van der Waals surface area contributed by atoms with Crippen molar-refractivity contribution in [2.24, 2.45) is 0 Å². The summed E-state index contributed by atoms with van der Waals surface area (Å²) in [4.78, 5) is 0. The van der Waals surface area contributed by atoms with Crippen LogP contribution in [0.5, 0.6) is 0 Å². The molecule has 0 N–H and O–H groups in total. The van der Waals surface area contributed by atoms with Gasteiger partial charge in [0.05, 0.1) is 5.56 Å². The summed E-state index contributed by atoms with van der Waals surface area (Å²) in [6, 6.07) is 0. The Bertz CT molecular complexity index is 514. The molecule has 0 nitrogen and oxygen atoms in total. The minimum Gasteiger partial charge on any atom is -0.212 e. The van der Waals surface area contributed by atoms with Crippen LogP contribution in [0.3, 0.4) is 0 Å². The zero-order valence-electron chi connectivity index (χ0n) is 8.18. The van der Waals surface area contributed by atoms with Crippen molar-refractivity contribution < 1.29 is 35.1 Å². The van der Waals surface area contributed by atoms with E-state index in [0.29, 0.717) is 0 Å². The first-order valence-corrected chi connectivity index (χ1v) is 4.16. The summed E-state index contributed by atoms with van der Waals surface area (Å²) in [6.45, 7) is 0. The zero-order valence-corrected chi connectivity index (χ0v) is 8.18. The van der Waals surface area contributed by atoms with Crippen LogP contribution in [-0.2, 0) is 0 Å². The molecule has 0 aromatic heterocycles. The summed E-state index contributed by atoms with van der Waals surface area (Å²) in [7, 11) is 0. The Morgan fingerprint density at radius 3 is 1.44 bits per heavy atom. The highest BCUT2D eigenvalue weighted by molar-refractivity contribution is 5.56. The number of rotatable bonds is 2. The molecule has 0 atom stereocenters. The highest BCUT2D eigenvalue weighted by Crippen LogP contribution is 2.26. The summed E-state index contributed by atoms with van der Waals surface area (Å²) in [5.74, 6) is -16.1. The van der Waals surface area contributed by atoms with Crippen LogP contribution in [0.25, 0.3) is 6.08 Å². The Labute approximate surface area is 94.8 Å². The molecule has 0 amide bonds. The third-order valence-electron chi connectivity index (χ3n) is 1.84. The van der Waals surface area contributed by atoms with Gasteiger partial charge in [-0.1, -0.05) is 0 Å². The molecule has 0 aliphatic carbocycles. The van der Waals surface area contributed by atoms with E-state index in [1.165, 1.54) is 0 Å². The van der Waals surface area contributed by atoms with Gasteiger partial charge in [-0.25, -0.2) is 35.1 Å². The van der Waals surface area contributed by atoms with Crippen LogP contribution in [0, 0.1) is 29.1 Å². The van der Waals surface area contributed by atoms with Crippen molar-refractivity contribution in [1.82, 2.24) is 0 Å². The van der Waals surface area contributed by atoms with Crippen LogP contribution in [-0.4, -0.2) is 0 Å². The van der Waals surface area contributed by atoms with Gasteiger partial charge < -0.3 is 0 Å². The van der Waals surface area contributed by atoms with Gasteiger partial charge in [-0.3, -0.25) is 0 Å². The molecule has 0 heterocycles. The van der Waals surface area contributed by atoms with Crippen molar-refractivity contribution in [3.8, 4) is 0 Å². The van der Waals surface area contributed by atoms with E-state index in [-0.39, 0.29) is 6.08 Å². The van der Waals surface area contributed by atoms with Crippen molar-refractivity contribution in [3.63, 3.8) is 0 Å². The maximum atomic E-state index is 13.0. The largest absolute Gasteiger partial charge is 0.212 e. The molecule has 1 aromatic carbocycles. The molecule has 1 aromatic rings. The third kappa shape index (κ3) is 2.36. The molecule has 0 unspecified atom stereocenters. The second-order valence-corrected chi connectivity index (χ2v) is 2.93. The lowest BCUT2D eigenvalue weighted by molar-refractivity contribution is 0.376. The number of benzene rings is 1. The Balaban J connectivity index is 3.53. The van der Waals surface area contributed by atoms with Gasteiger partial charge in [0, 0.05) is 0 Å². The maximum Gasteiger partial charge on any atom is 0.200 e. The van der Waals surface area contributed by atoms with Crippen molar-refractivity contribution in [1.29, 1.82) is 0 Å². The lowest BCUT2D eigenvalue weighted by Crippen LogP contribution is -2.04. The first-order valence-electron chi connectivity index (χ1n) is 4.16. The predicted molar refractivity (Wildman–Crippen MR) is 45.6 cm³/mol. The number of halogens is 8. The quantitative estimate of drug-likeness (QED) is 0.323. The number of hydrogen-bond acceptors (Lipinski definition) is 0. The molecule has 1 rings (SSSR count). The first-order chi connectivity index (χ1) is 8.31. The van der Waals surface area contributed by atoms with Crippen LogP contribution in [0.2, 0.25) is 0 Å². The first kappa shape index (κ1) is 14.2. The lowest BCUT2D eigenvalue weighted by Gasteiger charge is -2.04. The third-order valence-corrected chi connectivity index (χ3v) is 1.84. The maximum absolute atomic E-state index is 13.0. The van der Waals surface area contributed by atoms with Gasteiger partial charge in [-0.15, -0.1) is 0 Å². The van der Waals surface area contributed by atoms with E-state index >= 15 is 0 Å². The summed E-state index contributed by atoms with van der Waals surface area (Å²) < 4.78 is 100. The summed E-state index contributed by atoms with van der Waals surface area (Å²) in [6.07, 6.45) is -1.22. The van der Waals surface area contributed by atoms with E-state index in [2.05, 4.69) is 0 Å². The average Bonchev–Trinajstić information content (AvgIpc) is 2.37. The summed E-state index contributed by atoms with van der Waals surface area (Å²) in [5.41, 5.74) is -1.71. The fourth-order valence-corrected chi connectivity index (χ4v) is 0.996. The van der Waals surface area contributed by atoms with E-state index in [1.807, 2.05) is 0 Å². The highest BCUT2D eigenvalue weighted by Gasteiger charge is 2.25. The molecular weight excluding hydrogens is 272 g/mol. The minimum atomic E-state index is -2.44. The number of allylic oxidation sites excluding steroid dienone is 2. The smallest absolute Gasteiger partial charge is 0.200 e. The van der Waals surface area contributed by atoms with Crippen LogP contribution in [0.15, 0.2) is 18.0 Å². The van der Waals surface area contributed by atoms with Crippen LogP contribution in [0.4, 0.5) is 35.1 Å². The van der Waals surface area contributed by atoms with E-state index in [1.54, 1.807) is 0 Å².